The number of likely N-dealkylation sites (tertiary alicyclic amines) is 1. The monoisotopic (exact) mass is 399 g/mol. The molecule has 146 valence electrons. The van der Waals surface area contributed by atoms with Crippen LogP contribution in [0.25, 0.3) is 11.1 Å². The minimum Gasteiger partial charge on any atom is -0.275 e. The number of rotatable bonds is 3. The van der Waals surface area contributed by atoms with E-state index in [1.54, 1.807) is 26.8 Å². The van der Waals surface area contributed by atoms with E-state index in [0.717, 1.165) is 11.1 Å². The van der Waals surface area contributed by atoms with Crippen molar-refractivity contribution in [1.82, 2.24) is 4.90 Å². The van der Waals surface area contributed by atoms with E-state index in [2.05, 4.69) is 6.58 Å². The Kier molecular flexibility index (Phi) is 5.44. The summed E-state index contributed by atoms with van der Waals surface area (Å²) in [5, 5.41) is 0.472. The quantitative estimate of drug-likeness (QED) is 0.646. The fourth-order valence-corrected chi connectivity index (χ4v) is 3.57. The number of carbonyl (C=O) groups is 2. The molecule has 1 fully saturated rings. The highest BCUT2D eigenvalue weighted by Crippen LogP contribution is 2.31. The van der Waals surface area contributed by atoms with Crippen LogP contribution in [0.4, 0.5) is 4.39 Å². The maximum absolute atomic E-state index is 14.1. The molecule has 5 heteroatoms. The molecule has 2 aromatic rings. The third-order valence-corrected chi connectivity index (χ3v) is 5.13. The molecule has 0 aliphatic carbocycles. The Bertz CT molecular complexity index is 944. The Morgan fingerprint density at radius 3 is 2.46 bits per heavy atom. The highest BCUT2D eigenvalue weighted by molar-refractivity contribution is 6.30. The molecule has 0 bridgehead atoms. The number of hydrogen-bond donors (Lipinski definition) is 0. The molecular weight excluding hydrogens is 377 g/mol. The van der Waals surface area contributed by atoms with Gasteiger partial charge in [0.25, 0.3) is 5.91 Å². The molecule has 1 heterocycles. The highest BCUT2D eigenvalue weighted by Gasteiger charge is 2.42. The summed E-state index contributed by atoms with van der Waals surface area (Å²) in [6, 6.07) is 11.6. The lowest BCUT2D eigenvalue weighted by Crippen LogP contribution is -2.45. The predicted molar refractivity (Wildman–Crippen MR) is 109 cm³/mol. The van der Waals surface area contributed by atoms with E-state index < -0.39 is 5.41 Å². The van der Waals surface area contributed by atoms with Crippen molar-refractivity contribution < 1.29 is 14.0 Å². The van der Waals surface area contributed by atoms with E-state index >= 15 is 0 Å². The van der Waals surface area contributed by atoms with E-state index in [-0.39, 0.29) is 23.7 Å². The first kappa shape index (κ1) is 20.3. The van der Waals surface area contributed by atoms with Crippen molar-refractivity contribution in [3.63, 3.8) is 0 Å². The van der Waals surface area contributed by atoms with Crippen LogP contribution in [-0.4, -0.2) is 22.8 Å². The third kappa shape index (κ3) is 4.02. The molecule has 1 aliphatic rings. The molecule has 0 radical (unpaired) electrons. The summed E-state index contributed by atoms with van der Waals surface area (Å²) in [4.78, 5) is 26.5. The Balaban J connectivity index is 1.83. The minimum absolute atomic E-state index is 0.196. The van der Waals surface area contributed by atoms with E-state index in [0.29, 0.717) is 29.0 Å². The smallest absolute Gasteiger partial charge is 0.256 e. The maximum Gasteiger partial charge on any atom is 0.256 e. The molecule has 2 amide bonds. The van der Waals surface area contributed by atoms with Crippen LogP contribution in [-0.2, 0) is 16.0 Å². The average Bonchev–Trinajstić information content (AvgIpc) is 2.90. The number of imide groups is 1. The van der Waals surface area contributed by atoms with Crippen LogP contribution in [0.5, 0.6) is 0 Å². The van der Waals surface area contributed by atoms with Gasteiger partial charge in [0.1, 0.15) is 5.82 Å². The molecule has 3 nitrogen and oxygen atoms in total. The zero-order valence-corrected chi connectivity index (χ0v) is 17.0. The molecule has 0 saturated carbocycles. The Morgan fingerprint density at radius 1 is 1.21 bits per heavy atom. The summed E-state index contributed by atoms with van der Waals surface area (Å²) < 4.78 is 14.1. The zero-order valence-electron chi connectivity index (χ0n) is 16.3. The lowest BCUT2D eigenvalue weighted by molar-refractivity contribution is -0.148. The molecule has 0 aromatic heterocycles. The number of amides is 2. The van der Waals surface area contributed by atoms with Gasteiger partial charge < -0.3 is 0 Å². The Morgan fingerprint density at radius 2 is 1.86 bits per heavy atom. The largest absolute Gasteiger partial charge is 0.275 e. The van der Waals surface area contributed by atoms with Crippen molar-refractivity contribution in [1.29, 1.82) is 0 Å². The molecule has 1 aliphatic heterocycles. The van der Waals surface area contributed by atoms with E-state index in [4.69, 9.17) is 11.6 Å². The normalized spacial score (nSPS) is 17.3. The van der Waals surface area contributed by atoms with Gasteiger partial charge in [-0.2, -0.15) is 0 Å². The van der Waals surface area contributed by atoms with Gasteiger partial charge in [-0.25, -0.2) is 4.39 Å². The standard InChI is InChI=1S/C23H23ClFNO2/c1-14-11-18(26(21(14)27)22(28)23(2,3)4)12-15-5-7-16(8-6-15)19-13-17(24)9-10-20(19)25/h5-10,13,18H,1,11-12H2,2-4H3/t18-/m0/s1. The summed E-state index contributed by atoms with van der Waals surface area (Å²) >= 11 is 5.98. The van der Waals surface area contributed by atoms with Gasteiger partial charge in [0, 0.05) is 27.6 Å². The van der Waals surface area contributed by atoms with E-state index in [9.17, 15) is 14.0 Å². The van der Waals surface area contributed by atoms with Crippen LogP contribution in [0, 0.1) is 11.2 Å². The lowest BCUT2D eigenvalue weighted by atomic mass is 9.93. The SMILES string of the molecule is C=C1C[C@@H](Cc2ccc(-c3cc(Cl)ccc3F)cc2)N(C(=O)C(C)(C)C)C1=O. The van der Waals surface area contributed by atoms with Crippen LogP contribution in [0.1, 0.15) is 32.8 Å². The Labute approximate surface area is 169 Å². The summed E-state index contributed by atoms with van der Waals surface area (Å²) in [7, 11) is 0. The van der Waals surface area contributed by atoms with Gasteiger partial charge in [-0.05, 0) is 42.2 Å². The highest BCUT2D eigenvalue weighted by atomic mass is 35.5. The molecule has 0 N–H and O–H groups in total. The van der Waals surface area contributed by atoms with Gasteiger partial charge in [0.05, 0.1) is 0 Å². The molecule has 3 rings (SSSR count). The maximum atomic E-state index is 14.1. The van der Waals surface area contributed by atoms with Gasteiger partial charge in [-0.15, -0.1) is 0 Å². The van der Waals surface area contributed by atoms with Crippen molar-refractivity contribution in [2.45, 2.75) is 39.7 Å². The molecule has 0 spiro atoms. The molecule has 1 atom stereocenters. The summed E-state index contributed by atoms with van der Waals surface area (Å²) in [5.41, 5.74) is 1.93. The van der Waals surface area contributed by atoms with Crippen LogP contribution < -0.4 is 0 Å². The minimum atomic E-state index is -0.646. The fraction of sp³-hybridized carbons (Fsp3) is 0.304. The first-order chi connectivity index (χ1) is 13.1. The number of nitrogens with zero attached hydrogens (tertiary/aromatic N) is 1. The van der Waals surface area contributed by atoms with Gasteiger partial charge in [0.15, 0.2) is 0 Å². The number of hydrogen-bond acceptors (Lipinski definition) is 2. The summed E-state index contributed by atoms with van der Waals surface area (Å²) in [6.45, 7) is 9.22. The molecule has 2 aromatic carbocycles. The molecular formula is C23H23ClFNO2. The van der Waals surface area contributed by atoms with Gasteiger partial charge >= 0.3 is 0 Å². The van der Waals surface area contributed by atoms with Crippen LogP contribution in [0.2, 0.25) is 5.02 Å². The topological polar surface area (TPSA) is 37.4 Å². The summed E-state index contributed by atoms with van der Waals surface area (Å²) in [5.74, 6) is -0.821. The van der Waals surface area contributed by atoms with E-state index in [1.165, 1.54) is 17.0 Å². The first-order valence-corrected chi connectivity index (χ1v) is 9.56. The number of halogens is 2. The zero-order chi connectivity index (χ0) is 20.6. The van der Waals surface area contributed by atoms with Crippen LogP contribution >= 0.6 is 11.6 Å². The van der Waals surface area contributed by atoms with Gasteiger partial charge in [0.2, 0.25) is 5.91 Å². The lowest BCUT2D eigenvalue weighted by Gasteiger charge is -2.29. The number of carbonyl (C=O) groups excluding carboxylic acids is 2. The second-order valence-corrected chi connectivity index (χ2v) is 8.65. The Hall–Kier alpha value is -2.46. The molecule has 28 heavy (non-hydrogen) atoms. The van der Waals surface area contributed by atoms with Crippen molar-refractivity contribution >= 4 is 23.4 Å². The van der Waals surface area contributed by atoms with Crippen molar-refractivity contribution in [2.75, 3.05) is 0 Å². The van der Waals surface area contributed by atoms with Gasteiger partial charge in [-0.3, -0.25) is 14.5 Å². The first-order valence-electron chi connectivity index (χ1n) is 9.18. The van der Waals surface area contributed by atoms with Gasteiger partial charge in [-0.1, -0.05) is 63.2 Å². The predicted octanol–water partition coefficient (Wildman–Crippen LogP) is 5.42. The van der Waals surface area contributed by atoms with Crippen molar-refractivity contribution in [2.24, 2.45) is 5.41 Å². The number of benzene rings is 2. The van der Waals surface area contributed by atoms with Crippen LogP contribution in [0.3, 0.4) is 0 Å². The molecule has 1 saturated heterocycles. The van der Waals surface area contributed by atoms with E-state index in [1.807, 2.05) is 24.3 Å². The van der Waals surface area contributed by atoms with Crippen LogP contribution in [0.15, 0.2) is 54.6 Å². The fourth-order valence-electron chi connectivity index (χ4n) is 3.39. The van der Waals surface area contributed by atoms with Crippen molar-refractivity contribution in [3.8, 4) is 11.1 Å². The summed E-state index contributed by atoms with van der Waals surface area (Å²) in [6.07, 6.45) is 0.996. The van der Waals surface area contributed by atoms with Crippen molar-refractivity contribution in [3.05, 3.63) is 71.0 Å². The molecule has 0 unspecified atom stereocenters. The second kappa shape index (κ2) is 7.51. The second-order valence-electron chi connectivity index (χ2n) is 8.22. The third-order valence-electron chi connectivity index (χ3n) is 4.89. The average molecular weight is 400 g/mol.